The van der Waals surface area contributed by atoms with E-state index in [0.717, 1.165) is 36.5 Å². The molecule has 2 aromatic heterocycles. The van der Waals surface area contributed by atoms with Crippen molar-refractivity contribution >= 4 is 11.6 Å². The SMILES string of the molecule is Cc1cc(CN(C)C2CCCN(c3cnn(C)c3)C2=O)no1. The Kier molecular flexibility index (Phi) is 3.98. The summed E-state index contributed by atoms with van der Waals surface area (Å²) in [7, 11) is 3.81. The zero-order valence-electron chi connectivity index (χ0n) is 13.2. The first-order valence-electron chi connectivity index (χ1n) is 7.47. The Bertz CT molecular complexity index is 662. The molecule has 0 aliphatic carbocycles. The summed E-state index contributed by atoms with van der Waals surface area (Å²) in [5.41, 5.74) is 1.72. The quantitative estimate of drug-likeness (QED) is 0.853. The van der Waals surface area contributed by atoms with E-state index in [4.69, 9.17) is 4.52 Å². The largest absolute Gasteiger partial charge is 0.361 e. The highest BCUT2D eigenvalue weighted by atomic mass is 16.5. The van der Waals surface area contributed by atoms with Crippen molar-refractivity contribution < 1.29 is 9.32 Å². The molecule has 0 saturated carbocycles. The van der Waals surface area contributed by atoms with Gasteiger partial charge in [-0.25, -0.2) is 0 Å². The number of amides is 1. The molecule has 1 aliphatic heterocycles. The van der Waals surface area contributed by atoms with Gasteiger partial charge in [-0.15, -0.1) is 0 Å². The van der Waals surface area contributed by atoms with Crippen LogP contribution in [0.15, 0.2) is 23.0 Å². The minimum atomic E-state index is -0.133. The fourth-order valence-corrected chi connectivity index (χ4v) is 2.93. The molecule has 1 fully saturated rings. The molecule has 1 saturated heterocycles. The maximum absolute atomic E-state index is 12.8. The molecule has 7 nitrogen and oxygen atoms in total. The first-order valence-corrected chi connectivity index (χ1v) is 7.47. The molecule has 1 aliphatic rings. The van der Waals surface area contributed by atoms with E-state index in [-0.39, 0.29) is 11.9 Å². The number of rotatable bonds is 4. The summed E-state index contributed by atoms with van der Waals surface area (Å²) in [5.74, 6) is 0.914. The molecular weight excluding hydrogens is 282 g/mol. The number of hydrogen-bond acceptors (Lipinski definition) is 5. The molecule has 0 spiro atoms. The highest BCUT2D eigenvalue weighted by Gasteiger charge is 2.33. The van der Waals surface area contributed by atoms with Gasteiger partial charge < -0.3 is 9.42 Å². The van der Waals surface area contributed by atoms with Gasteiger partial charge in [-0.3, -0.25) is 14.4 Å². The van der Waals surface area contributed by atoms with E-state index in [0.29, 0.717) is 6.54 Å². The van der Waals surface area contributed by atoms with Crippen molar-refractivity contribution in [3.05, 3.63) is 29.9 Å². The second-order valence-electron chi connectivity index (χ2n) is 5.86. The molecule has 0 bridgehead atoms. The van der Waals surface area contributed by atoms with Gasteiger partial charge in [-0.2, -0.15) is 5.10 Å². The van der Waals surface area contributed by atoms with Gasteiger partial charge in [0.05, 0.1) is 23.6 Å². The van der Waals surface area contributed by atoms with Crippen LogP contribution in [-0.4, -0.2) is 45.4 Å². The summed E-state index contributed by atoms with van der Waals surface area (Å²) in [4.78, 5) is 16.6. The maximum Gasteiger partial charge on any atom is 0.244 e. The minimum Gasteiger partial charge on any atom is -0.361 e. The van der Waals surface area contributed by atoms with Gasteiger partial charge in [0.25, 0.3) is 0 Å². The number of carbonyl (C=O) groups is 1. The third kappa shape index (κ3) is 2.89. The molecule has 1 amide bonds. The van der Waals surface area contributed by atoms with Crippen molar-refractivity contribution in [1.29, 1.82) is 0 Å². The van der Waals surface area contributed by atoms with Crippen LogP contribution in [-0.2, 0) is 18.4 Å². The minimum absolute atomic E-state index is 0.127. The predicted molar refractivity (Wildman–Crippen MR) is 81.3 cm³/mol. The third-order valence-corrected chi connectivity index (χ3v) is 4.03. The Morgan fingerprint density at radius 3 is 2.95 bits per heavy atom. The monoisotopic (exact) mass is 303 g/mol. The van der Waals surface area contributed by atoms with Gasteiger partial charge in [0.15, 0.2) is 0 Å². The van der Waals surface area contributed by atoms with E-state index in [1.165, 1.54) is 0 Å². The second-order valence-corrected chi connectivity index (χ2v) is 5.86. The van der Waals surface area contributed by atoms with Gasteiger partial charge in [0, 0.05) is 32.4 Å². The highest BCUT2D eigenvalue weighted by Crippen LogP contribution is 2.23. The van der Waals surface area contributed by atoms with Gasteiger partial charge in [-0.1, -0.05) is 5.16 Å². The molecule has 1 atom stereocenters. The number of hydrogen-bond donors (Lipinski definition) is 0. The molecular formula is C15H21N5O2. The predicted octanol–water partition coefficient (Wildman–Crippen LogP) is 1.34. The number of aromatic nitrogens is 3. The van der Waals surface area contributed by atoms with Crippen molar-refractivity contribution in [2.45, 2.75) is 32.4 Å². The Balaban J connectivity index is 1.71. The number of anilines is 1. The van der Waals surface area contributed by atoms with Crippen LogP contribution in [0, 0.1) is 6.92 Å². The van der Waals surface area contributed by atoms with Gasteiger partial charge >= 0.3 is 0 Å². The van der Waals surface area contributed by atoms with Crippen LogP contribution in [0.1, 0.15) is 24.3 Å². The third-order valence-electron chi connectivity index (χ3n) is 4.03. The van der Waals surface area contributed by atoms with Gasteiger partial charge in [0.1, 0.15) is 5.76 Å². The summed E-state index contributed by atoms with van der Waals surface area (Å²) < 4.78 is 6.81. The molecule has 22 heavy (non-hydrogen) atoms. The number of likely N-dealkylation sites (N-methyl/N-ethyl adjacent to an activating group) is 1. The van der Waals surface area contributed by atoms with Crippen LogP contribution >= 0.6 is 0 Å². The highest BCUT2D eigenvalue weighted by molar-refractivity contribution is 5.97. The lowest BCUT2D eigenvalue weighted by atomic mass is 10.0. The first kappa shape index (κ1) is 14.8. The fourth-order valence-electron chi connectivity index (χ4n) is 2.93. The van der Waals surface area contributed by atoms with E-state index >= 15 is 0 Å². The summed E-state index contributed by atoms with van der Waals surface area (Å²) in [5, 5.41) is 8.15. The van der Waals surface area contributed by atoms with Crippen LogP contribution in [0.2, 0.25) is 0 Å². The fraction of sp³-hybridized carbons (Fsp3) is 0.533. The van der Waals surface area contributed by atoms with Crippen LogP contribution in [0.25, 0.3) is 0 Å². The lowest BCUT2D eigenvalue weighted by Gasteiger charge is -2.35. The van der Waals surface area contributed by atoms with Crippen LogP contribution < -0.4 is 4.90 Å². The summed E-state index contributed by atoms with van der Waals surface area (Å²) in [6.07, 6.45) is 5.46. The smallest absolute Gasteiger partial charge is 0.244 e. The topological polar surface area (TPSA) is 67.4 Å². The van der Waals surface area contributed by atoms with Crippen molar-refractivity contribution in [2.75, 3.05) is 18.5 Å². The molecule has 0 N–H and O–H groups in total. The average molecular weight is 303 g/mol. The van der Waals surface area contributed by atoms with E-state index in [9.17, 15) is 4.79 Å². The summed E-state index contributed by atoms with van der Waals surface area (Å²) in [6.45, 7) is 3.22. The summed E-state index contributed by atoms with van der Waals surface area (Å²) >= 11 is 0. The lowest BCUT2D eigenvalue weighted by Crippen LogP contribution is -2.51. The molecule has 2 aromatic rings. The second kappa shape index (κ2) is 5.92. The van der Waals surface area contributed by atoms with Crippen molar-refractivity contribution in [2.24, 2.45) is 7.05 Å². The van der Waals surface area contributed by atoms with Gasteiger partial charge in [-0.05, 0) is 26.8 Å². The van der Waals surface area contributed by atoms with E-state index < -0.39 is 0 Å². The summed E-state index contributed by atoms with van der Waals surface area (Å²) in [6, 6.07) is 1.77. The van der Waals surface area contributed by atoms with E-state index in [2.05, 4.69) is 10.3 Å². The average Bonchev–Trinajstić information content (AvgIpc) is 3.08. The number of aryl methyl sites for hydroxylation is 2. The van der Waals surface area contributed by atoms with Crippen molar-refractivity contribution in [1.82, 2.24) is 19.8 Å². The maximum atomic E-state index is 12.8. The molecule has 118 valence electrons. The molecule has 0 radical (unpaired) electrons. The number of carbonyl (C=O) groups excluding carboxylic acids is 1. The molecule has 3 rings (SSSR count). The van der Waals surface area contributed by atoms with Crippen molar-refractivity contribution in [3.63, 3.8) is 0 Å². The number of nitrogens with zero attached hydrogens (tertiary/aromatic N) is 5. The zero-order valence-corrected chi connectivity index (χ0v) is 13.2. The molecule has 0 aromatic carbocycles. The van der Waals surface area contributed by atoms with Gasteiger partial charge in [0.2, 0.25) is 5.91 Å². The Morgan fingerprint density at radius 2 is 2.32 bits per heavy atom. The van der Waals surface area contributed by atoms with Crippen LogP contribution in [0.5, 0.6) is 0 Å². The standard InChI is InChI=1S/C15H21N5O2/c1-11-7-12(17-22-11)9-18(2)14-5-4-6-20(15(14)21)13-8-16-19(3)10-13/h7-8,10,14H,4-6,9H2,1-3H3. The first-order chi connectivity index (χ1) is 10.5. The molecule has 7 heteroatoms. The lowest BCUT2D eigenvalue weighted by molar-refractivity contribution is -0.125. The zero-order chi connectivity index (χ0) is 15.7. The van der Waals surface area contributed by atoms with E-state index in [1.807, 2.05) is 43.1 Å². The molecule has 1 unspecified atom stereocenters. The van der Waals surface area contributed by atoms with E-state index in [1.54, 1.807) is 10.9 Å². The van der Waals surface area contributed by atoms with Crippen LogP contribution in [0.4, 0.5) is 5.69 Å². The Labute approximate surface area is 129 Å². The van der Waals surface area contributed by atoms with Crippen molar-refractivity contribution in [3.8, 4) is 0 Å². The normalized spacial score (nSPS) is 19.2. The van der Waals surface area contributed by atoms with Crippen LogP contribution in [0.3, 0.4) is 0 Å². The number of piperidine rings is 1. The Hall–Kier alpha value is -2.15. The Morgan fingerprint density at radius 1 is 1.50 bits per heavy atom. The molecule has 3 heterocycles.